The van der Waals surface area contributed by atoms with Gasteiger partial charge < -0.3 is 10.3 Å². The van der Waals surface area contributed by atoms with Crippen molar-refractivity contribution in [2.45, 2.75) is 44.1 Å². The highest BCUT2D eigenvalue weighted by Crippen LogP contribution is 2.32. The van der Waals surface area contributed by atoms with E-state index in [4.69, 9.17) is 10.3 Å². The van der Waals surface area contributed by atoms with Gasteiger partial charge in [0.1, 0.15) is 0 Å². The zero-order valence-electron chi connectivity index (χ0n) is 10.7. The molecule has 6 heteroatoms. The first-order chi connectivity index (χ1) is 9.28. The minimum atomic E-state index is -0.446. The third-order valence-electron chi connectivity index (χ3n) is 3.70. The molecule has 1 aliphatic carbocycles. The van der Waals surface area contributed by atoms with Gasteiger partial charge in [-0.2, -0.15) is 15.2 Å². The van der Waals surface area contributed by atoms with Crippen LogP contribution in [0.15, 0.2) is 23.0 Å². The Bertz CT molecular complexity index is 531. The van der Waals surface area contributed by atoms with E-state index in [1.807, 2.05) is 0 Å². The van der Waals surface area contributed by atoms with Crippen LogP contribution in [0.1, 0.15) is 44.3 Å². The predicted octanol–water partition coefficient (Wildman–Crippen LogP) is 2.03. The molecular weight excluding hydrogens is 242 g/mol. The van der Waals surface area contributed by atoms with Crippen molar-refractivity contribution in [2.24, 2.45) is 5.73 Å². The third-order valence-corrected chi connectivity index (χ3v) is 3.70. The minimum Gasteiger partial charge on any atom is -0.334 e. The summed E-state index contributed by atoms with van der Waals surface area (Å²) >= 11 is 0. The smallest absolute Gasteiger partial charge is 0.259 e. The van der Waals surface area contributed by atoms with E-state index in [1.165, 1.54) is 12.8 Å². The van der Waals surface area contributed by atoms with Crippen LogP contribution >= 0.6 is 0 Å². The van der Waals surface area contributed by atoms with Gasteiger partial charge in [0.05, 0.1) is 23.5 Å². The van der Waals surface area contributed by atoms with Gasteiger partial charge in [-0.3, -0.25) is 0 Å². The summed E-state index contributed by atoms with van der Waals surface area (Å²) in [7, 11) is 0. The van der Waals surface area contributed by atoms with Crippen molar-refractivity contribution in [1.29, 1.82) is 0 Å². The van der Waals surface area contributed by atoms with E-state index in [2.05, 4.69) is 20.3 Å². The van der Waals surface area contributed by atoms with Crippen molar-refractivity contribution in [3.05, 3.63) is 24.3 Å². The van der Waals surface area contributed by atoms with Crippen LogP contribution in [0.25, 0.3) is 11.5 Å². The van der Waals surface area contributed by atoms with Crippen LogP contribution in [0, 0.1) is 0 Å². The van der Waals surface area contributed by atoms with Crippen molar-refractivity contribution < 1.29 is 4.52 Å². The summed E-state index contributed by atoms with van der Waals surface area (Å²) in [6.45, 7) is 0. The van der Waals surface area contributed by atoms with Crippen molar-refractivity contribution in [2.75, 3.05) is 0 Å². The predicted molar refractivity (Wildman–Crippen MR) is 68.9 cm³/mol. The SMILES string of the molecule is NC1(c2noc(-c3ccnnc3)n2)CCCCCC1. The van der Waals surface area contributed by atoms with Crippen molar-refractivity contribution in [3.63, 3.8) is 0 Å². The highest BCUT2D eigenvalue weighted by molar-refractivity contribution is 5.49. The lowest BCUT2D eigenvalue weighted by Gasteiger charge is -2.23. The number of hydrogen-bond acceptors (Lipinski definition) is 6. The molecule has 1 aliphatic rings. The molecule has 0 saturated heterocycles. The molecular formula is C13H17N5O. The van der Waals surface area contributed by atoms with Gasteiger partial charge in [0.25, 0.3) is 5.89 Å². The molecule has 100 valence electrons. The average Bonchev–Trinajstić information content (AvgIpc) is 2.85. The van der Waals surface area contributed by atoms with Crippen LogP contribution < -0.4 is 5.73 Å². The minimum absolute atomic E-state index is 0.446. The maximum atomic E-state index is 6.46. The van der Waals surface area contributed by atoms with E-state index in [0.717, 1.165) is 31.2 Å². The highest BCUT2D eigenvalue weighted by atomic mass is 16.5. The number of nitrogens with zero attached hydrogens (tertiary/aromatic N) is 4. The van der Waals surface area contributed by atoms with Gasteiger partial charge in [-0.1, -0.05) is 30.8 Å². The summed E-state index contributed by atoms with van der Waals surface area (Å²) in [6.07, 6.45) is 9.75. The number of rotatable bonds is 2. The molecule has 2 heterocycles. The Morgan fingerprint density at radius 3 is 2.58 bits per heavy atom. The molecule has 1 saturated carbocycles. The lowest BCUT2D eigenvalue weighted by molar-refractivity contribution is 0.334. The van der Waals surface area contributed by atoms with E-state index < -0.39 is 5.54 Å². The van der Waals surface area contributed by atoms with Gasteiger partial charge in [0, 0.05) is 0 Å². The summed E-state index contributed by atoms with van der Waals surface area (Å²) in [5, 5.41) is 11.6. The largest absolute Gasteiger partial charge is 0.334 e. The molecule has 0 bridgehead atoms. The van der Waals surface area contributed by atoms with Gasteiger partial charge in [-0.05, 0) is 18.9 Å². The van der Waals surface area contributed by atoms with Crippen molar-refractivity contribution in [3.8, 4) is 11.5 Å². The fraction of sp³-hybridized carbons (Fsp3) is 0.538. The van der Waals surface area contributed by atoms with E-state index in [1.54, 1.807) is 18.5 Å². The zero-order valence-corrected chi connectivity index (χ0v) is 10.7. The van der Waals surface area contributed by atoms with Crippen LogP contribution in [0.3, 0.4) is 0 Å². The molecule has 6 nitrogen and oxygen atoms in total. The number of nitrogens with two attached hydrogens (primary N) is 1. The average molecular weight is 259 g/mol. The molecule has 0 aliphatic heterocycles. The van der Waals surface area contributed by atoms with Crippen LogP contribution in [0.4, 0.5) is 0 Å². The van der Waals surface area contributed by atoms with Crippen LogP contribution in [-0.2, 0) is 5.54 Å². The number of aromatic nitrogens is 4. The van der Waals surface area contributed by atoms with E-state index in [9.17, 15) is 0 Å². The van der Waals surface area contributed by atoms with Gasteiger partial charge in [0.15, 0.2) is 5.82 Å². The first-order valence-electron chi connectivity index (χ1n) is 6.68. The Hall–Kier alpha value is -1.82. The lowest BCUT2D eigenvalue weighted by atomic mass is 9.91. The second kappa shape index (κ2) is 5.05. The molecule has 0 unspecified atom stereocenters. The number of hydrogen-bond donors (Lipinski definition) is 1. The Morgan fingerprint density at radius 2 is 1.89 bits per heavy atom. The first kappa shape index (κ1) is 12.2. The van der Waals surface area contributed by atoms with Gasteiger partial charge in [-0.25, -0.2) is 0 Å². The fourth-order valence-electron chi connectivity index (χ4n) is 2.54. The second-order valence-corrected chi connectivity index (χ2v) is 5.12. The molecule has 2 aromatic heterocycles. The Morgan fingerprint density at radius 1 is 1.11 bits per heavy atom. The Balaban J connectivity index is 1.88. The lowest BCUT2D eigenvalue weighted by Crippen LogP contribution is -2.37. The molecule has 2 N–H and O–H groups in total. The summed E-state index contributed by atoms with van der Waals surface area (Å²) < 4.78 is 5.30. The molecule has 0 aromatic carbocycles. The van der Waals surface area contributed by atoms with Crippen molar-refractivity contribution >= 4 is 0 Å². The van der Waals surface area contributed by atoms with Crippen molar-refractivity contribution in [1.82, 2.24) is 20.3 Å². The van der Waals surface area contributed by atoms with Gasteiger partial charge in [-0.15, -0.1) is 0 Å². The monoisotopic (exact) mass is 259 g/mol. The second-order valence-electron chi connectivity index (χ2n) is 5.12. The van der Waals surface area contributed by atoms with E-state index in [0.29, 0.717) is 11.7 Å². The standard InChI is InChI=1S/C13H17N5O/c14-13(6-3-1-2-4-7-13)12-17-11(19-18-12)10-5-8-15-16-9-10/h5,8-9H,1-4,6-7,14H2. The summed E-state index contributed by atoms with van der Waals surface area (Å²) in [4.78, 5) is 4.45. The molecule has 0 radical (unpaired) electrons. The van der Waals surface area contributed by atoms with Crippen LogP contribution in [0.5, 0.6) is 0 Å². The van der Waals surface area contributed by atoms with Crippen LogP contribution in [0.2, 0.25) is 0 Å². The maximum Gasteiger partial charge on any atom is 0.259 e. The fourth-order valence-corrected chi connectivity index (χ4v) is 2.54. The topological polar surface area (TPSA) is 90.7 Å². The van der Waals surface area contributed by atoms with Gasteiger partial charge >= 0.3 is 0 Å². The molecule has 1 fully saturated rings. The third kappa shape index (κ3) is 2.49. The molecule has 19 heavy (non-hydrogen) atoms. The zero-order chi connectivity index (χ0) is 13.1. The molecule has 0 atom stereocenters. The Kier molecular flexibility index (Phi) is 3.25. The molecule has 0 spiro atoms. The van der Waals surface area contributed by atoms with Crippen LogP contribution in [-0.4, -0.2) is 20.3 Å². The summed E-state index contributed by atoms with van der Waals surface area (Å²) in [5.41, 5.74) is 6.78. The normalized spacial score (nSPS) is 19.0. The molecule has 3 rings (SSSR count). The maximum absolute atomic E-state index is 6.46. The first-order valence-corrected chi connectivity index (χ1v) is 6.68. The Labute approximate surface area is 111 Å². The quantitative estimate of drug-likeness (QED) is 0.830. The van der Waals surface area contributed by atoms with Gasteiger partial charge in [0.2, 0.25) is 0 Å². The van der Waals surface area contributed by atoms with E-state index in [-0.39, 0.29) is 0 Å². The molecule has 0 amide bonds. The molecule has 2 aromatic rings. The summed E-state index contributed by atoms with van der Waals surface area (Å²) in [6, 6.07) is 1.79. The van der Waals surface area contributed by atoms with E-state index >= 15 is 0 Å². The highest BCUT2D eigenvalue weighted by Gasteiger charge is 2.33. The summed E-state index contributed by atoms with van der Waals surface area (Å²) in [5.74, 6) is 1.07.